The first kappa shape index (κ1) is 21.5. The second kappa shape index (κ2) is 8.89. The maximum Gasteiger partial charge on any atom is 0.407 e. The van der Waals surface area contributed by atoms with Crippen LogP contribution in [0.25, 0.3) is 11.1 Å². The van der Waals surface area contributed by atoms with Gasteiger partial charge in [0.2, 0.25) is 5.91 Å². The van der Waals surface area contributed by atoms with E-state index in [1.54, 1.807) is 0 Å². The number of rotatable bonds is 6. The van der Waals surface area contributed by atoms with Crippen molar-refractivity contribution in [3.05, 3.63) is 59.7 Å². The van der Waals surface area contributed by atoms with Crippen LogP contribution in [0.2, 0.25) is 0 Å². The number of aliphatic carboxylic acids is 1. The third kappa shape index (κ3) is 4.19. The number of hydrogen-bond acceptors (Lipinski definition) is 4. The van der Waals surface area contributed by atoms with Crippen molar-refractivity contribution < 1.29 is 24.2 Å². The number of likely N-dealkylation sites (tertiary alicyclic amines) is 1. The molecule has 2 aromatic rings. The number of fused-ring (bicyclic) bond motifs is 3. The summed E-state index contributed by atoms with van der Waals surface area (Å²) < 4.78 is 5.56. The van der Waals surface area contributed by atoms with Crippen LogP contribution in [0.15, 0.2) is 48.5 Å². The Hall–Kier alpha value is -3.35. The van der Waals surface area contributed by atoms with Gasteiger partial charge in [0.15, 0.2) is 0 Å². The molecule has 1 aliphatic heterocycles. The maximum atomic E-state index is 12.8. The number of nitrogens with one attached hydrogen (secondary N) is 1. The number of alkyl carbamates (subject to hydrolysis) is 1. The minimum atomic E-state index is -0.933. The Balaban J connectivity index is 1.12. The van der Waals surface area contributed by atoms with Crippen molar-refractivity contribution in [3.8, 4) is 11.1 Å². The first-order valence-electron chi connectivity index (χ1n) is 11.7. The predicted octanol–water partition coefficient (Wildman–Crippen LogP) is 3.63. The van der Waals surface area contributed by atoms with Crippen LogP contribution in [0.3, 0.4) is 0 Å². The number of ether oxygens (including phenoxy) is 1. The molecule has 0 aromatic heterocycles. The summed E-state index contributed by atoms with van der Waals surface area (Å²) in [5.74, 6) is -1.20. The van der Waals surface area contributed by atoms with Gasteiger partial charge in [0.05, 0.1) is 0 Å². The molecule has 2 aliphatic carbocycles. The smallest absolute Gasteiger partial charge is 0.407 e. The Morgan fingerprint density at radius 2 is 1.67 bits per heavy atom. The van der Waals surface area contributed by atoms with E-state index >= 15 is 0 Å². The van der Waals surface area contributed by atoms with Crippen LogP contribution in [0.4, 0.5) is 4.79 Å². The minimum Gasteiger partial charge on any atom is -0.480 e. The van der Waals surface area contributed by atoms with Crippen molar-refractivity contribution in [1.82, 2.24) is 10.2 Å². The fraction of sp³-hybridized carbons (Fsp3) is 0.423. The molecule has 5 rings (SSSR count). The molecule has 2 amide bonds. The van der Waals surface area contributed by atoms with Gasteiger partial charge in [0.25, 0.3) is 0 Å². The molecule has 3 aliphatic rings. The Kier molecular flexibility index (Phi) is 5.79. The Morgan fingerprint density at radius 3 is 2.33 bits per heavy atom. The van der Waals surface area contributed by atoms with Crippen molar-refractivity contribution in [2.75, 3.05) is 19.7 Å². The summed E-state index contributed by atoms with van der Waals surface area (Å²) in [6, 6.07) is 15.6. The molecule has 33 heavy (non-hydrogen) atoms. The van der Waals surface area contributed by atoms with Crippen LogP contribution in [-0.2, 0) is 14.3 Å². The van der Waals surface area contributed by atoms with E-state index in [0.29, 0.717) is 25.9 Å². The number of carboxylic acids is 1. The molecule has 1 saturated heterocycles. The number of carbonyl (C=O) groups excluding carboxylic acids is 2. The van der Waals surface area contributed by atoms with Gasteiger partial charge in [-0.2, -0.15) is 0 Å². The Morgan fingerprint density at radius 1 is 1.00 bits per heavy atom. The molecule has 1 saturated carbocycles. The predicted molar refractivity (Wildman–Crippen MR) is 122 cm³/mol. The Bertz CT molecular complexity index is 1040. The summed E-state index contributed by atoms with van der Waals surface area (Å²) in [7, 11) is 0. The molecule has 172 valence electrons. The maximum absolute atomic E-state index is 12.8. The summed E-state index contributed by atoms with van der Waals surface area (Å²) in [5.41, 5.74) is 4.68. The molecular formula is C26H28N2O5. The highest BCUT2D eigenvalue weighted by atomic mass is 16.5. The monoisotopic (exact) mass is 448 g/mol. The molecule has 0 radical (unpaired) electrons. The van der Waals surface area contributed by atoms with Gasteiger partial charge in [-0.1, -0.05) is 48.5 Å². The van der Waals surface area contributed by atoms with Crippen molar-refractivity contribution in [1.29, 1.82) is 0 Å². The summed E-state index contributed by atoms with van der Waals surface area (Å²) in [6.45, 7) is 1.11. The van der Waals surface area contributed by atoms with E-state index < -0.39 is 18.1 Å². The molecule has 0 spiro atoms. The van der Waals surface area contributed by atoms with Gasteiger partial charge in [0, 0.05) is 24.9 Å². The molecule has 0 bridgehead atoms. The summed E-state index contributed by atoms with van der Waals surface area (Å²) >= 11 is 0. The van der Waals surface area contributed by atoms with Crippen LogP contribution in [0.5, 0.6) is 0 Å². The molecule has 1 heterocycles. The van der Waals surface area contributed by atoms with Crippen LogP contribution in [0, 0.1) is 11.8 Å². The van der Waals surface area contributed by atoms with E-state index in [9.17, 15) is 19.5 Å². The highest BCUT2D eigenvalue weighted by Gasteiger charge is 2.47. The van der Waals surface area contributed by atoms with Gasteiger partial charge in [-0.25, -0.2) is 9.59 Å². The van der Waals surface area contributed by atoms with Crippen LogP contribution < -0.4 is 5.32 Å². The number of amides is 2. The molecular weight excluding hydrogens is 420 g/mol. The van der Waals surface area contributed by atoms with Gasteiger partial charge in [-0.05, 0) is 53.9 Å². The highest BCUT2D eigenvalue weighted by Crippen LogP contribution is 2.44. The largest absolute Gasteiger partial charge is 0.480 e. The molecule has 3 atom stereocenters. The number of nitrogens with zero attached hydrogens (tertiary/aromatic N) is 1. The van der Waals surface area contributed by atoms with Crippen LogP contribution in [0.1, 0.15) is 42.7 Å². The van der Waals surface area contributed by atoms with E-state index in [1.807, 2.05) is 24.3 Å². The van der Waals surface area contributed by atoms with E-state index in [2.05, 4.69) is 29.6 Å². The number of carboxylic acid groups (broad SMARTS) is 1. The zero-order valence-electron chi connectivity index (χ0n) is 18.4. The average molecular weight is 449 g/mol. The zero-order valence-corrected chi connectivity index (χ0v) is 18.4. The van der Waals surface area contributed by atoms with Gasteiger partial charge in [-0.15, -0.1) is 0 Å². The summed E-state index contributed by atoms with van der Waals surface area (Å²) in [6.07, 6.45) is 2.36. The first-order valence-corrected chi connectivity index (χ1v) is 11.7. The number of hydrogen-bond donors (Lipinski definition) is 2. The normalized spacial score (nSPS) is 23.4. The van der Waals surface area contributed by atoms with E-state index in [1.165, 1.54) is 16.0 Å². The van der Waals surface area contributed by atoms with E-state index in [0.717, 1.165) is 24.0 Å². The Labute approximate surface area is 192 Å². The lowest BCUT2D eigenvalue weighted by Gasteiger charge is -2.33. The fourth-order valence-electron chi connectivity index (χ4n) is 5.30. The molecule has 7 heteroatoms. The zero-order chi connectivity index (χ0) is 22.9. The second-order valence-corrected chi connectivity index (χ2v) is 9.19. The van der Waals surface area contributed by atoms with Crippen LogP contribution >= 0.6 is 0 Å². The molecule has 1 unspecified atom stereocenters. The lowest BCUT2D eigenvalue weighted by molar-refractivity contribution is -0.152. The van der Waals surface area contributed by atoms with Crippen molar-refractivity contribution in [2.45, 2.75) is 37.6 Å². The van der Waals surface area contributed by atoms with Crippen molar-refractivity contribution in [2.24, 2.45) is 11.8 Å². The van der Waals surface area contributed by atoms with E-state index in [4.69, 9.17) is 4.74 Å². The quantitative estimate of drug-likeness (QED) is 0.704. The van der Waals surface area contributed by atoms with Crippen LogP contribution in [-0.4, -0.2) is 53.7 Å². The lowest BCUT2D eigenvalue weighted by Crippen LogP contribution is -2.48. The van der Waals surface area contributed by atoms with Gasteiger partial charge < -0.3 is 20.1 Å². The van der Waals surface area contributed by atoms with E-state index in [-0.39, 0.29) is 30.3 Å². The number of carbonyl (C=O) groups is 3. The van der Waals surface area contributed by atoms with Crippen molar-refractivity contribution in [3.63, 3.8) is 0 Å². The van der Waals surface area contributed by atoms with Gasteiger partial charge >= 0.3 is 12.1 Å². The molecule has 7 nitrogen and oxygen atoms in total. The summed E-state index contributed by atoms with van der Waals surface area (Å²) in [4.78, 5) is 38.1. The third-order valence-corrected chi connectivity index (χ3v) is 7.16. The number of piperidine rings is 1. The minimum absolute atomic E-state index is 0.00505. The number of benzene rings is 2. The lowest BCUT2D eigenvalue weighted by atomic mass is 9.98. The average Bonchev–Trinajstić information content (AvgIpc) is 3.55. The van der Waals surface area contributed by atoms with Crippen molar-refractivity contribution >= 4 is 18.0 Å². The highest BCUT2D eigenvalue weighted by molar-refractivity contribution is 5.87. The summed E-state index contributed by atoms with van der Waals surface area (Å²) in [5, 5.41) is 12.2. The standard InChI is InChI=1S/C26H28N2O5/c29-24(28-12-6-5-11-23(28)25(30)31)21-13-16(21)14-27-26(32)33-15-22-19-9-3-1-7-17(19)18-8-2-4-10-20(18)22/h1-4,7-10,16,21-23H,5-6,11-15H2,(H,27,32)(H,30,31)/t16-,21-,23?/m1/s1. The SMILES string of the molecule is O=C(NC[C@H]1C[C@H]1C(=O)N1CCCCC1C(=O)O)OCC1c2ccccc2-c2ccccc21. The molecule has 2 aromatic carbocycles. The third-order valence-electron chi connectivity index (χ3n) is 7.16. The fourth-order valence-corrected chi connectivity index (χ4v) is 5.30. The molecule has 2 fully saturated rings. The topological polar surface area (TPSA) is 95.9 Å². The van der Waals surface area contributed by atoms with Gasteiger partial charge in [-0.3, -0.25) is 4.79 Å². The second-order valence-electron chi connectivity index (χ2n) is 9.19. The molecule has 2 N–H and O–H groups in total. The first-order chi connectivity index (χ1) is 16.0. The van der Waals surface area contributed by atoms with Gasteiger partial charge in [0.1, 0.15) is 12.6 Å².